The molecule has 1 aromatic carbocycles. The van der Waals surface area contributed by atoms with Crippen LogP contribution in [0.25, 0.3) is 22.1 Å². The van der Waals surface area contributed by atoms with Crippen molar-refractivity contribution in [3.05, 3.63) is 42.4 Å². The van der Waals surface area contributed by atoms with Crippen molar-refractivity contribution >= 4 is 33.8 Å². The molecule has 0 radical (unpaired) electrons. The third-order valence-electron chi connectivity index (χ3n) is 5.50. The monoisotopic (exact) mass is 390 g/mol. The van der Waals surface area contributed by atoms with E-state index < -0.39 is 0 Å². The first-order valence-electron chi connectivity index (χ1n) is 9.86. The number of aromatic nitrogens is 6. The zero-order chi connectivity index (χ0) is 19.8. The van der Waals surface area contributed by atoms with Crippen LogP contribution in [0.15, 0.2) is 36.8 Å². The molecule has 9 nitrogen and oxygen atoms in total. The van der Waals surface area contributed by atoms with Crippen molar-refractivity contribution in [1.82, 2.24) is 35.3 Å². The topological polar surface area (TPSA) is 105 Å². The molecule has 0 saturated carbocycles. The van der Waals surface area contributed by atoms with E-state index in [4.69, 9.17) is 0 Å². The van der Waals surface area contributed by atoms with Gasteiger partial charge in [0.2, 0.25) is 5.91 Å². The molecule has 2 N–H and O–H groups in total. The number of hydrogen-bond donors (Lipinski definition) is 2. The van der Waals surface area contributed by atoms with Gasteiger partial charge in [0.25, 0.3) is 0 Å². The van der Waals surface area contributed by atoms with Crippen molar-refractivity contribution in [3.8, 4) is 0 Å². The minimum absolute atomic E-state index is 0.0378. The van der Waals surface area contributed by atoms with Crippen molar-refractivity contribution in [1.29, 1.82) is 0 Å². The highest BCUT2D eigenvalue weighted by atomic mass is 16.2. The molecule has 0 aliphatic carbocycles. The van der Waals surface area contributed by atoms with E-state index in [2.05, 4.69) is 47.6 Å². The maximum absolute atomic E-state index is 12.5. The number of aromatic amines is 1. The maximum Gasteiger partial charge on any atom is 0.226 e. The van der Waals surface area contributed by atoms with Crippen molar-refractivity contribution in [2.75, 3.05) is 24.5 Å². The molecule has 3 aromatic heterocycles. The van der Waals surface area contributed by atoms with Gasteiger partial charge in [0, 0.05) is 43.3 Å². The number of anilines is 1. The molecule has 1 amide bonds. The Morgan fingerprint density at radius 3 is 3.00 bits per heavy atom. The smallest absolute Gasteiger partial charge is 0.226 e. The molecule has 29 heavy (non-hydrogen) atoms. The Kier molecular flexibility index (Phi) is 4.34. The minimum Gasteiger partial charge on any atom is -0.361 e. The lowest BCUT2D eigenvalue weighted by Crippen LogP contribution is -2.54. The van der Waals surface area contributed by atoms with Crippen LogP contribution in [-0.2, 0) is 17.8 Å². The summed E-state index contributed by atoms with van der Waals surface area (Å²) in [7, 11) is 0. The summed E-state index contributed by atoms with van der Waals surface area (Å²) < 4.78 is 1.75. The van der Waals surface area contributed by atoms with Crippen molar-refractivity contribution in [2.24, 2.45) is 5.92 Å². The Labute approximate surface area is 167 Å². The van der Waals surface area contributed by atoms with Gasteiger partial charge in [-0.2, -0.15) is 0 Å². The van der Waals surface area contributed by atoms with Gasteiger partial charge in [-0.1, -0.05) is 23.4 Å². The number of nitrogens with zero attached hydrogens (tertiary/aromatic N) is 6. The summed E-state index contributed by atoms with van der Waals surface area (Å²) in [6.07, 6.45) is 4.35. The average Bonchev–Trinajstić information content (AvgIpc) is 3.31. The summed E-state index contributed by atoms with van der Waals surface area (Å²) in [6, 6.07) is 8.21. The summed E-state index contributed by atoms with van der Waals surface area (Å²) in [4.78, 5) is 26.5. The van der Waals surface area contributed by atoms with E-state index in [1.165, 1.54) is 17.3 Å². The van der Waals surface area contributed by atoms with Crippen LogP contribution in [0.5, 0.6) is 0 Å². The second-order valence-electron chi connectivity index (χ2n) is 7.28. The predicted molar refractivity (Wildman–Crippen MR) is 110 cm³/mol. The zero-order valence-electron chi connectivity index (χ0n) is 16.2. The summed E-state index contributed by atoms with van der Waals surface area (Å²) in [6.45, 7) is 4.58. The number of para-hydroxylation sites is 1. The third kappa shape index (κ3) is 3.08. The highest BCUT2D eigenvalue weighted by Gasteiger charge is 2.35. The molecular weight excluding hydrogens is 368 g/mol. The number of amides is 1. The number of H-pyrrole nitrogens is 1. The van der Waals surface area contributed by atoms with Gasteiger partial charge in [-0.25, -0.2) is 14.6 Å². The third-order valence-corrected chi connectivity index (χ3v) is 5.50. The summed E-state index contributed by atoms with van der Waals surface area (Å²) >= 11 is 0. The van der Waals surface area contributed by atoms with Gasteiger partial charge in [0.1, 0.15) is 6.33 Å². The normalized spacial score (nSPS) is 14.4. The van der Waals surface area contributed by atoms with Gasteiger partial charge >= 0.3 is 0 Å². The molecule has 148 valence electrons. The first-order valence-corrected chi connectivity index (χ1v) is 9.86. The van der Waals surface area contributed by atoms with Crippen LogP contribution in [0, 0.1) is 5.92 Å². The molecule has 1 aliphatic rings. The molecule has 0 spiro atoms. The number of carbonyl (C=O) groups excluding carboxylic acids is 1. The highest BCUT2D eigenvalue weighted by molar-refractivity contribution is 5.87. The van der Waals surface area contributed by atoms with Crippen LogP contribution < -0.4 is 10.2 Å². The summed E-state index contributed by atoms with van der Waals surface area (Å²) in [5, 5.41) is 12.6. The van der Waals surface area contributed by atoms with E-state index in [1.54, 1.807) is 4.68 Å². The first-order chi connectivity index (χ1) is 14.2. The molecule has 1 saturated heterocycles. The van der Waals surface area contributed by atoms with E-state index >= 15 is 0 Å². The molecule has 0 bridgehead atoms. The largest absolute Gasteiger partial charge is 0.361 e. The standard InChI is InChI=1S/C20H22N8O/c1-2-28-19-17(25-26-28)18(23-12-24-19)27-10-14(11-27)20(29)21-8-7-13-9-22-16-6-4-3-5-15(13)16/h3-6,9,12,14,22H,2,7-8,10-11H2,1H3,(H,21,29). The Hall–Kier alpha value is -3.49. The molecule has 0 unspecified atom stereocenters. The van der Waals surface area contributed by atoms with E-state index in [-0.39, 0.29) is 11.8 Å². The van der Waals surface area contributed by atoms with Crippen LogP contribution in [0.3, 0.4) is 0 Å². The van der Waals surface area contributed by atoms with Gasteiger partial charge in [0.15, 0.2) is 17.0 Å². The number of benzene rings is 1. The van der Waals surface area contributed by atoms with Gasteiger partial charge in [-0.3, -0.25) is 4.79 Å². The molecule has 5 rings (SSSR count). The molecule has 4 aromatic rings. The number of rotatable bonds is 6. The Bertz CT molecular complexity index is 1170. The number of carbonyl (C=O) groups is 1. The fraction of sp³-hybridized carbons (Fsp3) is 0.350. The van der Waals surface area contributed by atoms with Crippen LogP contribution in [0.1, 0.15) is 12.5 Å². The molecule has 9 heteroatoms. The molecule has 1 aliphatic heterocycles. The van der Waals surface area contributed by atoms with Crippen LogP contribution in [0.4, 0.5) is 5.82 Å². The van der Waals surface area contributed by atoms with E-state index in [9.17, 15) is 4.79 Å². The predicted octanol–water partition coefficient (Wildman–Crippen LogP) is 1.52. The van der Waals surface area contributed by atoms with Gasteiger partial charge in [0.05, 0.1) is 5.92 Å². The van der Waals surface area contributed by atoms with Gasteiger partial charge in [-0.05, 0) is 25.0 Å². The Morgan fingerprint density at radius 1 is 1.28 bits per heavy atom. The van der Waals surface area contributed by atoms with E-state index in [1.807, 2.05) is 25.3 Å². The van der Waals surface area contributed by atoms with Crippen molar-refractivity contribution in [3.63, 3.8) is 0 Å². The van der Waals surface area contributed by atoms with Crippen molar-refractivity contribution in [2.45, 2.75) is 19.9 Å². The lowest BCUT2D eigenvalue weighted by atomic mass is 9.99. The lowest BCUT2D eigenvalue weighted by Gasteiger charge is -2.38. The summed E-state index contributed by atoms with van der Waals surface area (Å²) in [5.41, 5.74) is 3.76. The van der Waals surface area contributed by atoms with Gasteiger partial charge in [-0.15, -0.1) is 5.10 Å². The molecule has 4 heterocycles. The fourth-order valence-corrected chi connectivity index (χ4v) is 3.84. The Balaban J connectivity index is 1.17. The molecule has 0 atom stereocenters. The highest BCUT2D eigenvalue weighted by Crippen LogP contribution is 2.27. The Morgan fingerprint density at radius 2 is 2.14 bits per heavy atom. The fourth-order valence-electron chi connectivity index (χ4n) is 3.84. The molecule has 1 fully saturated rings. The van der Waals surface area contributed by atoms with Gasteiger partial charge < -0.3 is 15.2 Å². The quantitative estimate of drug-likeness (QED) is 0.517. The number of fused-ring (bicyclic) bond motifs is 2. The van der Waals surface area contributed by atoms with Crippen LogP contribution >= 0.6 is 0 Å². The number of hydrogen-bond acceptors (Lipinski definition) is 6. The van der Waals surface area contributed by atoms with E-state index in [0.717, 1.165) is 23.4 Å². The van der Waals surface area contributed by atoms with Crippen LogP contribution in [0.2, 0.25) is 0 Å². The number of aryl methyl sites for hydroxylation is 1. The zero-order valence-corrected chi connectivity index (χ0v) is 16.2. The van der Waals surface area contributed by atoms with Crippen LogP contribution in [-0.4, -0.2) is 55.5 Å². The second-order valence-corrected chi connectivity index (χ2v) is 7.28. The van der Waals surface area contributed by atoms with E-state index in [0.29, 0.717) is 31.7 Å². The minimum atomic E-state index is -0.0378. The molecular formula is C20H22N8O. The number of nitrogens with one attached hydrogen (secondary N) is 2. The second kappa shape index (κ2) is 7.16. The van der Waals surface area contributed by atoms with Crippen molar-refractivity contribution < 1.29 is 4.79 Å². The lowest BCUT2D eigenvalue weighted by molar-refractivity contribution is -0.125. The SMILES string of the molecule is CCn1nnc2c(N3CC(C(=O)NCCc4c[nH]c5ccccc45)C3)ncnc21. The maximum atomic E-state index is 12.5. The summed E-state index contributed by atoms with van der Waals surface area (Å²) in [5.74, 6) is 0.797. The first kappa shape index (κ1) is 17.6. The average molecular weight is 390 g/mol.